The minimum Gasteiger partial charge on any atom is -0.379 e. The summed E-state index contributed by atoms with van der Waals surface area (Å²) in [5.74, 6) is -0.223. The van der Waals surface area contributed by atoms with Crippen LogP contribution in [0.2, 0.25) is 0 Å². The molecule has 0 aliphatic carbocycles. The van der Waals surface area contributed by atoms with Gasteiger partial charge in [-0.3, -0.25) is 14.0 Å². The highest BCUT2D eigenvalue weighted by Gasteiger charge is 2.29. The molecular weight excluding hydrogens is 344 g/mol. The number of imidazole rings is 1. The summed E-state index contributed by atoms with van der Waals surface area (Å²) in [5, 5.41) is 4.94. The van der Waals surface area contributed by atoms with Crippen LogP contribution in [0.4, 0.5) is 0 Å². The first kappa shape index (κ1) is 17.8. The predicted octanol–water partition coefficient (Wildman–Crippen LogP) is 0.317. The summed E-state index contributed by atoms with van der Waals surface area (Å²) in [6, 6.07) is -0.167. The van der Waals surface area contributed by atoms with E-state index in [1.165, 1.54) is 16.2 Å². The first-order valence-corrected chi connectivity index (χ1v) is 9.01. The zero-order valence-corrected chi connectivity index (χ0v) is 15.1. The van der Waals surface area contributed by atoms with Crippen LogP contribution >= 0.6 is 11.3 Å². The zero-order chi connectivity index (χ0) is 17.8. The third-order valence-electron chi connectivity index (χ3n) is 4.05. The molecule has 0 radical (unpaired) electrons. The molecule has 1 saturated heterocycles. The van der Waals surface area contributed by atoms with Gasteiger partial charge in [-0.05, 0) is 6.42 Å². The second kappa shape index (κ2) is 7.94. The highest BCUT2D eigenvalue weighted by atomic mass is 32.1. The Kier molecular flexibility index (Phi) is 5.67. The van der Waals surface area contributed by atoms with Crippen molar-refractivity contribution in [3.05, 3.63) is 23.5 Å². The van der Waals surface area contributed by atoms with E-state index in [0.29, 0.717) is 19.6 Å². The quantitative estimate of drug-likeness (QED) is 0.796. The Balaban J connectivity index is 1.54. The molecule has 2 atom stereocenters. The molecule has 0 bridgehead atoms. The van der Waals surface area contributed by atoms with Gasteiger partial charge in [0.15, 0.2) is 4.96 Å². The molecule has 1 N–H and O–H groups in total. The van der Waals surface area contributed by atoms with Crippen LogP contribution in [-0.2, 0) is 25.5 Å². The van der Waals surface area contributed by atoms with Gasteiger partial charge in [0.05, 0.1) is 24.8 Å². The zero-order valence-electron chi connectivity index (χ0n) is 14.3. The SMILES string of the molecule is CN(C)C(=O)COC1COCCC1NC(=O)Cc1cn2ccsc2n1. The highest BCUT2D eigenvalue weighted by Crippen LogP contribution is 2.14. The number of hydrogen-bond donors (Lipinski definition) is 1. The molecule has 8 nitrogen and oxygen atoms in total. The Labute approximate surface area is 149 Å². The van der Waals surface area contributed by atoms with Gasteiger partial charge in [-0.25, -0.2) is 4.98 Å². The summed E-state index contributed by atoms with van der Waals surface area (Å²) in [7, 11) is 3.36. The van der Waals surface area contributed by atoms with Crippen LogP contribution in [0, 0.1) is 0 Å². The molecule has 1 fully saturated rings. The summed E-state index contributed by atoms with van der Waals surface area (Å²) in [4.78, 5) is 30.8. The van der Waals surface area contributed by atoms with Crippen LogP contribution < -0.4 is 5.32 Å². The van der Waals surface area contributed by atoms with Crippen LogP contribution in [0.3, 0.4) is 0 Å². The summed E-state index contributed by atoms with van der Waals surface area (Å²) in [5.41, 5.74) is 0.733. The first-order chi connectivity index (χ1) is 12.0. The van der Waals surface area contributed by atoms with Crippen molar-refractivity contribution in [2.24, 2.45) is 0 Å². The summed E-state index contributed by atoms with van der Waals surface area (Å²) in [6.07, 6.45) is 4.32. The molecule has 0 aromatic carbocycles. The molecule has 2 amide bonds. The number of likely N-dealkylation sites (N-methyl/N-ethyl adjacent to an activating group) is 1. The molecule has 1 aliphatic rings. The number of thiazole rings is 1. The van der Waals surface area contributed by atoms with Gasteiger partial charge in [0.25, 0.3) is 0 Å². The van der Waals surface area contributed by atoms with E-state index < -0.39 is 0 Å². The molecule has 3 rings (SSSR count). The third kappa shape index (κ3) is 4.56. The average molecular weight is 366 g/mol. The number of hydrogen-bond acceptors (Lipinski definition) is 6. The second-order valence-electron chi connectivity index (χ2n) is 6.18. The lowest BCUT2D eigenvalue weighted by molar-refractivity contribution is -0.141. The Bertz CT molecular complexity index is 713. The second-order valence-corrected chi connectivity index (χ2v) is 7.05. The van der Waals surface area contributed by atoms with Gasteiger partial charge in [-0.2, -0.15) is 0 Å². The molecule has 2 aromatic heterocycles. The first-order valence-electron chi connectivity index (χ1n) is 8.13. The molecular formula is C16H22N4O4S. The van der Waals surface area contributed by atoms with Gasteiger partial charge < -0.3 is 19.7 Å². The van der Waals surface area contributed by atoms with Crippen molar-refractivity contribution in [2.45, 2.75) is 25.0 Å². The number of amides is 2. The summed E-state index contributed by atoms with van der Waals surface area (Å²) >= 11 is 1.53. The predicted molar refractivity (Wildman–Crippen MR) is 92.6 cm³/mol. The van der Waals surface area contributed by atoms with Crippen LogP contribution in [0.5, 0.6) is 0 Å². The van der Waals surface area contributed by atoms with Crippen molar-refractivity contribution in [1.82, 2.24) is 19.6 Å². The van der Waals surface area contributed by atoms with Crippen molar-refractivity contribution >= 4 is 28.1 Å². The number of aromatic nitrogens is 2. The number of nitrogens with one attached hydrogen (secondary N) is 1. The van der Waals surface area contributed by atoms with E-state index in [-0.39, 0.29) is 37.0 Å². The third-order valence-corrected chi connectivity index (χ3v) is 4.83. The number of nitrogens with zero attached hydrogens (tertiary/aromatic N) is 3. The fourth-order valence-corrected chi connectivity index (χ4v) is 3.35. The van der Waals surface area contributed by atoms with Gasteiger partial charge in [0.2, 0.25) is 11.8 Å². The largest absolute Gasteiger partial charge is 0.379 e. The van der Waals surface area contributed by atoms with E-state index in [4.69, 9.17) is 9.47 Å². The average Bonchev–Trinajstić information content (AvgIpc) is 3.14. The number of carbonyl (C=O) groups is 2. The maximum absolute atomic E-state index is 12.3. The Morgan fingerprint density at radius 3 is 3.12 bits per heavy atom. The molecule has 0 saturated carbocycles. The monoisotopic (exact) mass is 366 g/mol. The van der Waals surface area contributed by atoms with Gasteiger partial charge in [0.1, 0.15) is 12.7 Å². The van der Waals surface area contributed by atoms with Crippen LogP contribution in [0.15, 0.2) is 17.8 Å². The van der Waals surface area contributed by atoms with Gasteiger partial charge in [-0.15, -0.1) is 11.3 Å². The number of rotatable bonds is 6. The van der Waals surface area contributed by atoms with E-state index in [1.807, 2.05) is 22.2 Å². The molecule has 9 heteroatoms. The minimum atomic E-state index is -0.327. The molecule has 136 valence electrons. The topological polar surface area (TPSA) is 85.2 Å². The number of carbonyl (C=O) groups excluding carboxylic acids is 2. The molecule has 3 heterocycles. The Hall–Kier alpha value is -1.97. The van der Waals surface area contributed by atoms with Crippen LogP contribution in [0.25, 0.3) is 4.96 Å². The van der Waals surface area contributed by atoms with Crippen molar-refractivity contribution in [1.29, 1.82) is 0 Å². The number of fused-ring (bicyclic) bond motifs is 1. The Morgan fingerprint density at radius 2 is 2.36 bits per heavy atom. The highest BCUT2D eigenvalue weighted by molar-refractivity contribution is 7.15. The van der Waals surface area contributed by atoms with Gasteiger partial charge in [0, 0.05) is 38.5 Å². The molecule has 2 unspecified atom stereocenters. The lowest BCUT2D eigenvalue weighted by Gasteiger charge is -2.32. The van der Waals surface area contributed by atoms with E-state index in [2.05, 4.69) is 10.3 Å². The van der Waals surface area contributed by atoms with E-state index in [0.717, 1.165) is 10.7 Å². The van der Waals surface area contributed by atoms with Crippen LogP contribution in [-0.4, -0.2) is 72.2 Å². The van der Waals surface area contributed by atoms with Crippen molar-refractivity contribution in [3.63, 3.8) is 0 Å². The van der Waals surface area contributed by atoms with E-state index in [1.54, 1.807) is 14.1 Å². The summed E-state index contributed by atoms with van der Waals surface area (Å²) in [6.45, 7) is 0.906. The summed E-state index contributed by atoms with van der Waals surface area (Å²) < 4.78 is 13.0. The van der Waals surface area contributed by atoms with Crippen molar-refractivity contribution in [3.8, 4) is 0 Å². The number of ether oxygens (including phenoxy) is 2. The van der Waals surface area contributed by atoms with E-state index in [9.17, 15) is 9.59 Å². The van der Waals surface area contributed by atoms with Gasteiger partial charge >= 0.3 is 0 Å². The smallest absolute Gasteiger partial charge is 0.248 e. The lowest BCUT2D eigenvalue weighted by atomic mass is 10.1. The van der Waals surface area contributed by atoms with Crippen LogP contribution in [0.1, 0.15) is 12.1 Å². The maximum atomic E-state index is 12.3. The molecule has 2 aromatic rings. The molecule has 25 heavy (non-hydrogen) atoms. The molecule has 1 aliphatic heterocycles. The maximum Gasteiger partial charge on any atom is 0.248 e. The molecule has 0 spiro atoms. The fraction of sp³-hybridized carbons (Fsp3) is 0.562. The van der Waals surface area contributed by atoms with Gasteiger partial charge in [-0.1, -0.05) is 0 Å². The standard InChI is InChI=1S/C16H22N4O4S/c1-19(2)15(22)10-24-13-9-23-5-3-12(13)18-14(21)7-11-8-20-4-6-25-16(20)17-11/h4,6,8,12-13H,3,5,7,9-10H2,1-2H3,(H,18,21). The lowest BCUT2D eigenvalue weighted by Crippen LogP contribution is -2.51. The van der Waals surface area contributed by atoms with Crippen molar-refractivity contribution in [2.75, 3.05) is 33.9 Å². The normalized spacial score (nSPS) is 20.6. The minimum absolute atomic E-state index is 0.0231. The fourth-order valence-electron chi connectivity index (χ4n) is 2.63. The van der Waals surface area contributed by atoms with E-state index >= 15 is 0 Å². The van der Waals surface area contributed by atoms with Crippen molar-refractivity contribution < 1.29 is 19.1 Å². The Morgan fingerprint density at radius 1 is 1.52 bits per heavy atom.